The molecule has 1 fully saturated rings. The summed E-state index contributed by atoms with van der Waals surface area (Å²) in [6.45, 7) is 3.14. The summed E-state index contributed by atoms with van der Waals surface area (Å²) in [5, 5.41) is 7.58. The zero-order valence-electron chi connectivity index (χ0n) is 20.9. The van der Waals surface area contributed by atoms with Crippen molar-refractivity contribution in [3.8, 4) is 0 Å². The van der Waals surface area contributed by atoms with Crippen LogP contribution in [-0.2, 0) is 17.6 Å². The molecule has 7 nitrogen and oxygen atoms in total. The molecule has 0 N–H and O–H groups in total. The van der Waals surface area contributed by atoms with Crippen molar-refractivity contribution in [2.45, 2.75) is 12.8 Å². The van der Waals surface area contributed by atoms with Crippen molar-refractivity contribution in [2.75, 3.05) is 31.2 Å². The fourth-order valence-corrected chi connectivity index (χ4v) is 4.41. The Morgan fingerprint density at radius 3 is 1.79 bits per heavy atom. The molecule has 7 heteroatoms. The summed E-state index contributed by atoms with van der Waals surface area (Å²) in [6, 6.07) is 25.1. The lowest BCUT2D eigenvalue weighted by atomic mass is 9.97. The summed E-state index contributed by atoms with van der Waals surface area (Å²) in [4.78, 5) is 40.3. The van der Waals surface area contributed by atoms with Crippen LogP contribution in [0.3, 0.4) is 0 Å². The van der Waals surface area contributed by atoms with Gasteiger partial charge >= 0.3 is 0 Å². The molecule has 0 radical (unpaired) electrons. The highest BCUT2D eigenvalue weighted by Crippen LogP contribution is 2.19. The van der Waals surface area contributed by atoms with E-state index < -0.39 is 0 Å². The second kappa shape index (κ2) is 11.7. The molecule has 38 heavy (non-hydrogen) atoms. The molecule has 0 bridgehead atoms. The Labute approximate surface area is 221 Å². The van der Waals surface area contributed by atoms with Crippen molar-refractivity contribution in [1.82, 2.24) is 10.2 Å². The fraction of sp³-hybridized carbons (Fsp3) is 0.194. The van der Waals surface area contributed by atoms with Crippen molar-refractivity contribution < 1.29 is 19.1 Å². The number of hydrogen-bond acceptors (Lipinski definition) is 7. The van der Waals surface area contributed by atoms with Gasteiger partial charge in [0.15, 0.2) is 17.3 Å². The minimum absolute atomic E-state index is 0.0317. The number of ether oxygens (including phenoxy) is 1. The van der Waals surface area contributed by atoms with Gasteiger partial charge in [-0.05, 0) is 47.5 Å². The third kappa shape index (κ3) is 6.07. The van der Waals surface area contributed by atoms with Crippen molar-refractivity contribution >= 4 is 23.0 Å². The Balaban J connectivity index is 1.17. The number of rotatable bonds is 9. The molecule has 0 aliphatic carbocycles. The monoisotopic (exact) mass is 505 g/mol. The number of carbonyl (C=O) groups excluding carboxylic acids is 3. The van der Waals surface area contributed by atoms with Crippen molar-refractivity contribution in [3.63, 3.8) is 0 Å². The summed E-state index contributed by atoms with van der Waals surface area (Å²) >= 11 is 0. The molecule has 5 rings (SSSR count). The van der Waals surface area contributed by atoms with Gasteiger partial charge in [-0.2, -0.15) is 5.10 Å². The molecule has 0 saturated carbocycles. The van der Waals surface area contributed by atoms with Gasteiger partial charge in [0.1, 0.15) is 5.69 Å². The van der Waals surface area contributed by atoms with Crippen LogP contribution in [0.5, 0.6) is 0 Å². The average molecular weight is 506 g/mol. The van der Waals surface area contributed by atoms with Crippen molar-refractivity contribution in [1.29, 1.82) is 0 Å². The molecular weight excluding hydrogens is 478 g/mol. The van der Waals surface area contributed by atoms with Crippen LogP contribution >= 0.6 is 0 Å². The summed E-state index contributed by atoms with van der Waals surface area (Å²) in [6.07, 6.45) is 1.97. The van der Waals surface area contributed by atoms with Gasteiger partial charge in [0.25, 0.3) is 0 Å². The number of nitrogens with zero attached hydrogens (tertiary/aromatic N) is 3. The van der Waals surface area contributed by atoms with E-state index in [2.05, 4.69) is 15.1 Å². The third-order valence-electron chi connectivity index (χ3n) is 6.59. The van der Waals surface area contributed by atoms with E-state index in [-0.39, 0.29) is 30.2 Å². The van der Waals surface area contributed by atoms with Crippen LogP contribution in [0.4, 0.5) is 5.69 Å². The second-order valence-electron chi connectivity index (χ2n) is 9.18. The largest absolute Gasteiger partial charge is 0.378 e. The molecule has 3 aromatic carbocycles. The molecular formula is C31H27N3O4. The van der Waals surface area contributed by atoms with Crippen molar-refractivity contribution in [3.05, 3.63) is 125 Å². The summed E-state index contributed by atoms with van der Waals surface area (Å²) in [5.41, 5.74) is 4.80. The standard InChI is InChI=1S/C31H27N3O4/c35-29(24-11-13-27(14-12-24)34-16-18-38-19-17-34)20-22-3-7-25(8-4-22)31(37)26-9-5-23(6-10-26)21-30(36)28-2-1-15-32-33-28/h1-15H,16-21H2. The van der Waals surface area contributed by atoms with E-state index in [0.29, 0.717) is 22.4 Å². The van der Waals surface area contributed by atoms with Gasteiger partial charge in [-0.15, -0.1) is 5.10 Å². The predicted octanol–water partition coefficient (Wildman–Crippen LogP) is 4.40. The first-order valence-corrected chi connectivity index (χ1v) is 12.6. The highest BCUT2D eigenvalue weighted by Gasteiger charge is 2.14. The zero-order valence-corrected chi connectivity index (χ0v) is 20.9. The van der Waals surface area contributed by atoms with E-state index in [0.717, 1.165) is 43.1 Å². The Bertz CT molecular complexity index is 1410. The van der Waals surface area contributed by atoms with Gasteiger partial charge in [0.05, 0.1) is 13.2 Å². The fourth-order valence-electron chi connectivity index (χ4n) is 4.41. The van der Waals surface area contributed by atoms with Gasteiger partial charge in [0.2, 0.25) is 0 Å². The maximum atomic E-state index is 13.0. The maximum absolute atomic E-state index is 13.0. The molecule has 0 spiro atoms. The summed E-state index contributed by atoms with van der Waals surface area (Å²) in [7, 11) is 0. The first-order chi connectivity index (χ1) is 18.6. The quantitative estimate of drug-likeness (QED) is 0.312. The first-order valence-electron chi connectivity index (χ1n) is 12.6. The Morgan fingerprint density at radius 1 is 0.684 bits per heavy atom. The van der Waals surface area contributed by atoms with Crippen LogP contribution in [0.2, 0.25) is 0 Å². The molecule has 0 amide bonds. The smallest absolute Gasteiger partial charge is 0.193 e. The van der Waals surface area contributed by atoms with Crippen LogP contribution < -0.4 is 4.90 Å². The molecule has 1 aliphatic heterocycles. The number of aromatic nitrogens is 2. The minimum atomic E-state index is -0.129. The first kappa shape index (κ1) is 25.2. The Morgan fingerprint density at radius 2 is 1.24 bits per heavy atom. The van der Waals surface area contributed by atoms with Gasteiger partial charge in [-0.25, -0.2) is 0 Å². The average Bonchev–Trinajstić information content (AvgIpc) is 2.98. The van der Waals surface area contributed by atoms with Crippen LogP contribution in [-0.4, -0.2) is 53.9 Å². The van der Waals surface area contributed by atoms with E-state index in [1.54, 1.807) is 48.5 Å². The van der Waals surface area contributed by atoms with Gasteiger partial charge in [-0.1, -0.05) is 48.5 Å². The number of ketones is 3. The van der Waals surface area contributed by atoms with Gasteiger partial charge in [-0.3, -0.25) is 14.4 Å². The predicted molar refractivity (Wildman–Crippen MR) is 144 cm³/mol. The van der Waals surface area contributed by atoms with Crippen LogP contribution in [0.15, 0.2) is 91.1 Å². The minimum Gasteiger partial charge on any atom is -0.378 e. The van der Waals surface area contributed by atoms with E-state index >= 15 is 0 Å². The second-order valence-corrected chi connectivity index (χ2v) is 9.18. The molecule has 2 heterocycles. The van der Waals surface area contributed by atoms with Crippen molar-refractivity contribution in [2.24, 2.45) is 0 Å². The third-order valence-corrected chi connectivity index (χ3v) is 6.59. The molecule has 1 saturated heterocycles. The summed E-state index contributed by atoms with van der Waals surface area (Å²) < 4.78 is 5.40. The molecule has 0 unspecified atom stereocenters. The number of benzene rings is 3. The van der Waals surface area contributed by atoms with Crippen LogP contribution in [0, 0.1) is 0 Å². The SMILES string of the molecule is O=C(Cc1ccc(C(=O)c2ccc(CC(=O)c3cccnn3)cc2)cc1)c1ccc(N2CCOCC2)cc1. The normalized spacial score (nSPS) is 13.2. The lowest BCUT2D eigenvalue weighted by Crippen LogP contribution is -2.36. The highest BCUT2D eigenvalue weighted by atomic mass is 16.5. The zero-order chi connectivity index (χ0) is 26.3. The highest BCUT2D eigenvalue weighted by molar-refractivity contribution is 6.09. The number of anilines is 1. The summed E-state index contributed by atoms with van der Waals surface area (Å²) in [5.74, 6) is -0.215. The van der Waals surface area contributed by atoms with E-state index in [4.69, 9.17) is 4.74 Å². The molecule has 4 aromatic rings. The Hall–Kier alpha value is -4.49. The van der Waals surface area contributed by atoms with Gasteiger partial charge < -0.3 is 9.64 Å². The topological polar surface area (TPSA) is 89.5 Å². The van der Waals surface area contributed by atoms with Crippen LogP contribution in [0.1, 0.15) is 47.9 Å². The number of carbonyl (C=O) groups is 3. The lowest BCUT2D eigenvalue weighted by molar-refractivity contribution is 0.0981. The van der Waals surface area contributed by atoms with Gasteiger partial charge in [0, 0.05) is 54.5 Å². The maximum Gasteiger partial charge on any atom is 0.193 e. The molecule has 190 valence electrons. The molecule has 0 atom stereocenters. The van der Waals surface area contributed by atoms with E-state index in [1.165, 1.54) is 6.20 Å². The number of morpholine rings is 1. The van der Waals surface area contributed by atoms with E-state index in [9.17, 15) is 14.4 Å². The van der Waals surface area contributed by atoms with Crippen LogP contribution in [0.25, 0.3) is 0 Å². The lowest BCUT2D eigenvalue weighted by Gasteiger charge is -2.28. The molecule has 1 aliphatic rings. The number of hydrogen-bond donors (Lipinski definition) is 0. The molecule has 1 aromatic heterocycles. The number of Topliss-reactive ketones (excluding diaryl/α,β-unsaturated/α-hetero) is 2. The Kier molecular flexibility index (Phi) is 7.75. The van der Waals surface area contributed by atoms with E-state index in [1.807, 2.05) is 36.4 Å².